The molecule has 2 nitrogen and oxygen atoms in total. The van der Waals surface area contributed by atoms with E-state index in [1.165, 1.54) is 5.56 Å². The van der Waals surface area contributed by atoms with Gasteiger partial charge in [0.15, 0.2) is 5.78 Å². The number of fused-ring (bicyclic) bond motifs is 1. The molecule has 3 unspecified atom stereocenters. The van der Waals surface area contributed by atoms with Crippen LogP contribution in [0.4, 0.5) is 0 Å². The number of carbonyl (C=O) groups excluding carboxylic acids is 1. The van der Waals surface area contributed by atoms with Crippen LogP contribution in [0.25, 0.3) is 0 Å². The SMILES string of the molecule is CC1CCC(CC2CCc3ccccc3C2=O)O1. The van der Waals surface area contributed by atoms with E-state index in [1.54, 1.807) is 0 Å². The molecule has 0 saturated carbocycles. The first-order valence-electron chi connectivity index (χ1n) is 7.01. The lowest BCUT2D eigenvalue weighted by Crippen LogP contribution is -2.26. The van der Waals surface area contributed by atoms with Crippen LogP contribution in [0.15, 0.2) is 24.3 Å². The molecule has 3 atom stereocenters. The Morgan fingerprint density at radius 1 is 1.22 bits per heavy atom. The molecular weight excluding hydrogens is 224 g/mol. The van der Waals surface area contributed by atoms with Crippen molar-refractivity contribution in [3.63, 3.8) is 0 Å². The van der Waals surface area contributed by atoms with Crippen LogP contribution in [-0.4, -0.2) is 18.0 Å². The van der Waals surface area contributed by atoms with Gasteiger partial charge in [-0.25, -0.2) is 0 Å². The van der Waals surface area contributed by atoms with Crippen molar-refractivity contribution in [3.8, 4) is 0 Å². The van der Waals surface area contributed by atoms with Crippen molar-refractivity contribution in [1.29, 1.82) is 0 Å². The molecule has 1 aliphatic heterocycles. The molecule has 1 aliphatic carbocycles. The minimum Gasteiger partial charge on any atom is -0.375 e. The molecule has 1 aromatic rings. The summed E-state index contributed by atoms with van der Waals surface area (Å²) in [5.74, 6) is 0.509. The average molecular weight is 244 g/mol. The number of rotatable bonds is 2. The summed E-state index contributed by atoms with van der Waals surface area (Å²) in [6.07, 6.45) is 5.88. The Morgan fingerprint density at radius 2 is 2.06 bits per heavy atom. The van der Waals surface area contributed by atoms with Gasteiger partial charge in [0.05, 0.1) is 12.2 Å². The second kappa shape index (κ2) is 4.85. The largest absolute Gasteiger partial charge is 0.375 e. The summed E-state index contributed by atoms with van der Waals surface area (Å²) in [4.78, 5) is 12.4. The zero-order chi connectivity index (χ0) is 12.5. The standard InChI is InChI=1S/C16H20O2/c1-11-6-9-14(18-11)10-13-8-7-12-4-2-3-5-15(12)16(13)17/h2-5,11,13-14H,6-10H2,1H3. The molecule has 96 valence electrons. The Labute approximate surface area is 108 Å². The molecule has 0 aromatic heterocycles. The number of ether oxygens (including phenoxy) is 1. The lowest BCUT2D eigenvalue weighted by Gasteiger charge is -2.25. The summed E-state index contributed by atoms with van der Waals surface area (Å²) in [6.45, 7) is 2.12. The molecule has 1 fully saturated rings. The summed E-state index contributed by atoms with van der Waals surface area (Å²) in [5, 5.41) is 0. The fourth-order valence-corrected chi connectivity index (χ4v) is 3.26. The highest BCUT2D eigenvalue weighted by Crippen LogP contribution is 2.32. The maximum atomic E-state index is 12.4. The van der Waals surface area contributed by atoms with Crippen molar-refractivity contribution < 1.29 is 9.53 Å². The third-order valence-corrected chi connectivity index (χ3v) is 4.28. The fraction of sp³-hybridized carbons (Fsp3) is 0.562. The van der Waals surface area contributed by atoms with Crippen molar-refractivity contribution in [2.75, 3.05) is 0 Å². The van der Waals surface area contributed by atoms with E-state index in [1.807, 2.05) is 18.2 Å². The van der Waals surface area contributed by atoms with Crippen LogP contribution in [-0.2, 0) is 11.2 Å². The van der Waals surface area contributed by atoms with E-state index in [0.717, 1.165) is 37.7 Å². The van der Waals surface area contributed by atoms with Gasteiger partial charge in [-0.2, -0.15) is 0 Å². The van der Waals surface area contributed by atoms with Gasteiger partial charge in [-0.15, -0.1) is 0 Å². The summed E-state index contributed by atoms with van der Waals surface area (Å²) in [7, 11) is 0. The quantitative estimate of drug-likeness (QED) is 0.797. The molecule has 2 aliphatic rings. The molecular formula is C16H20O2. The predicted molar refractivity (Wildman–Crippen MR) is 70.8 cm³/mol. The summed E-state index contributed by atoms with van der Waals surface area (Å²) in [6, 6.07) is 8.04. The average Bonchev–Trinajstić information content (AvgIpc) is 2.79. The van der Waals surface area contributed by atoms with Gasteiger partial charge >= 0.3 is 0 Å². The number of Topliss-reactive ketones (excluding diaryl/α,β-unsaturated/α-hetero) is 1. The molecule has 1 aromatic carbocycles. The van der Waals surface area contributed by atoms with Gasteiger partial charge < -0.3 is 4.74 Å². The summed E-state index contributed by atoms with van der Waals surface area (Å²) >= 11 is 0. The van der Waals surface area contributed by atoms with Crippen molar-refractivity contribution >= 4 is 5.78 Å². The highest BCUT2D eigenvalue weighted by atomic mass is 16.5. The lowest BCUT2D eigenvalue weighted by molar-refractivity contribution is 0.0377. The molecule has 0 bridgehead atoms. The van der Waals surface area contributed by atoms with Crippen LogP contribution in [0.2, 0.25) is 0 Å². The van der Waals surface area contributed by atoms with Gasteiger partial charge in [0.1, 0.15) is 0 Å². The summed E-state index contributed by atoms with van der Waals surface area (Å²) in [5.41, 5.74) is 2.17. The fourth-order valence-electron chi connectivity index (χ4n) is 3.26. The van der Waals surface area contributed by atoms with Gasteiger partial charge in [0, 0.05) is 11.5 Å². The molecule has 0 spiro atoms. The molecule has 0 radical (unpaired) electrons. The highest BCUT2D eigenvalue weighted by Gasteiger charge is 2.31. The van der Waals surface area contributed by atoms with E-state index in [4.69, 9.17) is 4.74 Å². The van der Waals surface area contributed by atoms with E-state index in [0.29, 0.717) is 18.0 Å². The van der Waals surface area contributed by atoms with E-state index in [2.05, 4.69) is 13.0 Å². The first kappa shape index (κ1) is 11.9. The van der Waals surface area contributed by atoms with E-state index >= 15 is 0 Å². The third-order valence-electron chi connectivity index (χ3n) is 4.28. The molecule has 1 saturated heterocycles. The maximum Gasteiger partial charge on any atom is 0.166 e. The predicted octanol–water partition coefficient (Wildman–Crippen LogP) is 3.39. The van der Waals surface area contributed by atoms with E-state index in [-0.39, 0.29) is 5.92 Å². The van der Waals surface area contributed by atoms with E-state index in [9.17, 15) is 4.79 Å². The molecule has 18 heavy (non-hydrogen) atoms. The number of aryl methyl sites for hydroxylation is 1. The Balaban J connectivity index is 1.71. The van der Waals surface area contributed by atoms with Gasteiger partial charge in [-0.3, -0.25) is 4.79 Å². The minimum atomic E-state index is 0.176. The van der Waals surface area contributed by atoms with Crippen LogP contribution < -0.4 is 0 Å². The van der Waals surface area contributed by atoms with Crippen LogP contribution in [0.3, 0.4) is 0 Å². The zero-order valence-electron chi connectivity index (χ0n) is 10.9. The molecule has 2 heteroatoms. The number of ketones is 1. The minimum absolute atomic E-state index is 0.176. The Morgan fingerprint density at radius 3 is 2.83 bits per heavy atom. The smallest absolute Gasteiger partial charge is 0.166 e. The molecule has 0 N–H and O–H groups in total. The maximum absolute atomic E-state index is 12.4. The monoisotopic (exact) mass is 244 g/mol. The lowest BCUT2D eigenvalue weighted by atomic mass is 9.80. The van der Waals surface area contributed by atoms with Gasteiger partial charge in [-0.1, -0.05) is 24.3 Å². The van der Waals surface area contributed by atoms with Gasteiger partial charge in [0.25, 0.3) is 0 Å². The van der Waals surface area contributed by atoms with Crippen molar-refractivity contribution in [2.24, 2.45) is 5.92 Å². The van der Waals surface area contributed by atoms with Crippen LogP contribution in [0.5, 0.6) is 0 Å². The number of benzene rings is 1. The van der Waals surface area contributed by atoms with Crippen LogP contribution in [0.1, 0.15) is 48.5 Å². The summed E-state index contributed by atoms with van der Waals surface area (Å²) < 4.78 is 5.85. The van der Waals surface area contributed by atoms with Crippen molar-refractivity contribution in [2.45, 2.75) is 51.2 Å². The number of hydrogen-bond donors (Lipinski definition) is 0. The van der Waals surface area contributed by atoms with Crippen molar-refractivity contribution in [1.82, 2.24) is 0 Å². The second-order valence-corrected chi connectivity index (χ2v) is 5.64. The molecule has 3 rings (SSSR count). The zero-order valence-corrected chi connectivity index (χ0v) is 10.9. The first-order chi connectivity index (χ1) is 8.74. The number of carbonyl (C=O) groups is 1. The highest BCUT2D eigenvalue weighted by molar-refractivity contribution is 6.00. The Bertz CT molecular complexity index is 452. The Kier molecular flexibility index (Phi) is 3.21. The first-order valence-corrected chi connectivity index (χ1v) is 7.01. The van der Waals surface area contributed by atoms with E-state index < -0.39 is 0 Å². The van der Waals surface area contributed by atoms with Crippen molar-refractivity contribution in [3.05, 3.63) is 35.4 Å². The molecule has 1 heterocycles. The van der Waals surface area contributed by atoms with Gasteiger partial charge in [0.2, 0.25) is 0 Å². The second-order valence-electron chi connectivity index (χ2n) is 5.64. The van der Waals surface area contributed by atoms with Crippen LogP contribution >= 0.6 is 0 Å². The normalized spacial score (nSPS) is 31.4. The topological polar surface area (TPSA) is 26.3 Å². The molecule has 0 amide bonds. The van der Waals surface area contributed by atoms with Crippen LogP contribution in [0, 0.1) is 5.92 Å². The van der Waals surface area contributed by atoms with Gasteiger partial charge in [-0.05, 0) is 44.6 Å². The third kappa shape index (κ3) is 2.22. The Hall–Kier alpha value is -1.15. The number of hydrogen-bond acceptors (Lipinski definition) is 2.